The molecule has 38 heavy (non-hydrogen) atoms. The summed E-state index contributed by atoms with van der Waals surface area (Å²) in [7, 11) is 4.66. The van der Waals surface area contributed by atoms with Crippen molar-refractivity contribution in [2.75, 3.05) is 21.3 Å². The normalized spacial score (nSPS) is 13.1. The molecule has 3 aromatic carbocycles. The molecule has 0 unspecified atom stereocenters. The molecule has 2 atom stereocenters. The van der Waals surface area contributed by atoms with E-state index in [0.717, 1.165) is 28.7 Å². The van der Waals surface area contributed by atoms with Crippen molar-refractivity contribution in [2.24, 2.45) is 5.41 Å². The van der Waals surface area contributed by atoms with Gasteiger partial charge in [0.2, 0.25) is 0 Å². The Bertz CT molecular complexity index is 1240. The van der Waals surface area contributed by atoms with E-state index < -0.39 is 0 Å². The van der Waals surface area contributed by atoms with Crippen LogP contribution in [0.2, 0.25) is 0 Å². The van der Waals surface area contributed by atoms with Crippen LogP contribution in [0.4, 0.5) is 4.39 Å². The van der Waals surface area contributed by atoms with Gasteiger partial charge in [0.05, 0.1) is 26.7 Å². The Balaban J connectivity index is 1.95. The summed E-state index contributed by atoms with van der Waals surface area (Å²) < 4.78 is 37.4. The molecule has 0 heterocycles. The lowest BCUT2D eigenvalue weighted by molar-refractivity contribution is -0.140. The molecule has 0 aromatic heterocycles. The van der Waals surface area contributed by atoms with Gasteiger partial charge in [0.25, 0.3) is 0 Å². The molecule has 0 saturated carbocycles. The summed E-state index contributed by atoms with van der Waals surface area (Å²) in [5.74, 6) is 0.740. The molecule has 0 fully saturated rings. The first-order valence-corrected chi connectivity index (χ1v) is 12.9. The van der Waals surface area contributed by atoms with Gasteiger partial charge in [-0.3, -0.25) is 4.79 Å². The first-order chi connectivity index (χ1) is 18.1. The fourth-order valence-corrected chi connectivity index (χ4v) is 4.58. The van der Waals surface area contributed by atoms with Crippen molar-refractivity contribution >= 4 is 5.97 Å². The fourth-order valence-electron chi connectivity index (χ4n) is 4.58. The molecule has 5 nitrogen and oxygen atoms in total. The molecule has 6 heteroatoms. The first kappa shape index (κ1) is 29.2. The lowest BCUT2D eigenvalue weighted by atomic mass is 9.77. The summed E-state index contributed by atoms with van der Waals surface area (Å²) in [5.41, 5.74) is 3.87. The molecular weight excluding hydrogens is 483 g/mol. The lowest BCUT2D eigenvalue weighted by Crippen LogP contribution is -2.24. The Kier molecular flexibility index (Phi) is 9.92. The molecule has 3 rings (SSSR count). The zero-order chi connectivity index (χ0) is 27.9. The highest BCUT2D eigenvalue weighted by Gasteiger charge is 2.32. The third-order valence-corrected chi connectivity index (χ3v) is 7.25. The Morgan fingerprint density at radius 2 is 1.71 bits per heavy atom. The van der Waals surface area contributed by atoms with E-state index in [1.165, 1.54) is 13.2 Å². The van der Waals surface area contributed by atoms with Crippen LogP contribution in [0.5, 0.6) is 11.5 Å². The minimum Gasteiger partial charge on any atom is -0.497 e. The van der Waals surface area contributed by atoms with Crippen molar-refractivity contribution in [3.05, 3.63) is 83.2 Å². The number of hydrogen-bond acceptors (Lipinski definition) is 5. The van der Waals surface area contributed by atoms with Crippen molar-refractivity contribution < 1.29 is 28.1 Å². The summed E-state index contributed by atoms with van der Waals surface area (Å²) in [6.07, 6.45) is 0.913. The molecule has 0 radical (unpaired) electrons. The minimum atomic E-state index is -0.321. The molecule has 204 valence electrons. The van der Waals surface area contributed by atoms with Crippen LogP contribution in [0.15, 0.2) is 60.7 Å². The van der Waals surface area contributed by atoms with Gasteiger partial charge < -0.3 is 18.9 Å². The zero-order valence-electron chi connectivity index (χ0n) is 23.5. The molecule has 0 saturated heterocycles. The van der Waals surface area contributed by atoms with E-state index in [2.05, 4.69) is 20.8 Å². The van der Waals surface area contributed by atoms with Crippen LogP contribution >= 0.6 is 0 Å². The maximum Gasteiger partial charge on any atom is 0.306 e. The Morgan fingerprint density at radius 1 is 0.947 bits per heavy atom. The Morgan fingerprint density at radius 3 is 2.37 bits per heavy atom. The van der Waals surface area contributed by atoms with Crippen LogP contribution in [0.25, 0.3) is 11.1 Å². The van der Waals surface area contributed by atoms with Crippen LogP contribution in [0, 0.1) is 11.2 Å². The van der Waals surface area contributed by atoms with Crippen LogP contribution in [-0.2, 0) is 20.9 Å². The Hall–Kier alpha value is -3.38. The second-order valence-electron chi connectivity index (χ2n) is 10.3. The number of methoxy groups -OCH3 is 3. The quantitative estimate of drug-likeness (QED) is 0.227. The van der Waals surface area contributed by atoms with Gasteiger partial charge in [0.1, 0.15) is 23.9 Å². The molecule has 3 aromatic rings. The first-order valence-electron chi connectivity index (χ1n) is 12.9. The van der Waals surface area contributed by atoms with Gasteiger partial charge in [0, 0.05) is 12.7 Å². The van der Waals surface area contributed by atoms with Gasteiger partial charge >= 0.3 is 5.97 Å². The number of carbonyl (C=O) groups excluding carboxylic acids is 1. The van der Waals surface area contributed by atoms with E-state index in [0.29, 0.717) is 30.1 Å². The third kappa shape index (κ3) is 6.93. The third-order valence-electron chi connectivity index (χ3n) is 7.25. The molecular formula is C32H39FO5. The second kappa shape index (κ2) is 12.9. The van der Waals surface area contributed by atoms with E-state index in [1.807, 2.05) is 49.4 Å². The molecule has 0 aliphatic heterocycles. The van der Waals surface area contributed by atoms with E-state index in [4.69, 9.17) is 18.9 Å². The summed E-state index contributed by atoms with van der Waals surface area (Å²) in [6.45, 7) is 8.73. The highest BCUT2D eigenvalue weighted by atomic mass is 19.1. The van der Waals surface area contributed by atoms with E-state index in [9.17, 15) is 4.79 Å². The van der Waals surface area contributed by atoms with E-state index in [1.54, 1.807) is 26.4 Å². The molecule has 0 amide bonds. The maximum atomic E-state index is 15.0. The summed E-state index contributed by atoms with van der Waals surface area (Å²) in [5, 5.41) is 0. The smallest absolute Gasteiger partial charge is 0.306 e. The number of rotatable bonds is 12. The van der Waals surface area contributed by atoms with Crippen LogP contribution in [0.3, 0.4) is 0 Å². The van der Waals surface area contributed by atoms with Crippen molar-refractivity contribution in [3.63, 3.8) is 0 Å². The SMILES string of the molecule is CCC(C)(C)[C@@H](OC)c1cc(COc2cccc([C@H](C)CC(=O)OC)c2)ccc1-c1cc(OC)ccc1F. The fraction of sp³-hybridized carbons (Fsp3) is 0.406. The number of benzene rings is 3. The zero-order valence-corrected chi connectivity index (χ0v) is 23.5. The standard InChI is InChI=1S/C32H39FO5/c1-8-32(3,4)31(37-7)28-17-22(12-14-26(28)27-19-24(35-5)13-15-29(27)33)20-38-25-11-9-10-23(18-25)21(2)16-30(34)36-6/h9-15,17-19,21,31H,8,16,20H2,1-7H3/t21-,31+/m1/s1. The van der Waals surface area contributed by atoms with Gasteiger partial charge in [-0.25, -0.2) is 4.39 Å². The van der Waals surface area contributed by atoms with Crippen molar-refractivity contribution in [3.8, 4) is 22.6 Å². The van der Waals surface area contributed by atoms with Crippen LogP contribution in [0.1, 0.15) is 69.2 Å². The van der Waals surface area contributed by atoms with Crippen LogP contribution in [-0.4, -0.2) is 27.3 Å². The number of halogens is 1. The highest BCUT2D eigenvalue weighted by Crippen LogP contribution is 2.44. The van der Waals surface area contributed by atoms with Gasteiger partial charge in [-0.15, -0.1) is 0 Å². The lowest BCUT2D eigenvalue weighted by Gasteiger charge is -2.34. The molecule has 0 spiro atoms. The number of esters is 1. The average Bonchev–Trinajstić information content (AvgIpc) is 2.92. The second-order valence-corrected chi connectivity index (χ2v) is 10.3. The van der Waals surface area contributed by atoms with Crippen molar-refractivity contribution in [1.29, 1.82) is 0 Å². The van der Waals surface area contributed by atoms with Gasteiger partial charge in [0.15, 0.2) is 0 Å². The minimum absolute atomic E-state index is 0.00776. The largest absolute Gasteiger partial charge is 0.497 e. The highest BCUT2D eigenvalue weighted by molar-refractivity contribution is 5.71. The monoisotopic (exact) mass is 522 g/mol. The average molecular weight is 523 g/mol. The van der Waals surface area contributed by atoms with Gasteiger partial charge in [-0.1, -0.05) is 52.0 Å². The van der Waals surface area contributed by atoms with Crippen molar-refractivity contribution in [1.82, 2.24) is 0 Å². The topological polar surface area (TPSA) is 54.0 Å². The predicted octanol–water partition coefficient (Wildman–Crippen LogP) is 7.87. The molecule has 0 aliphatic carbocycles. The summed E-state index contributed by atoms with van der Waals surface area (Å²) >= 11 is 0. The number of ether oxygens (including phenoxy) is 4. The Labute approximate surface area is 225 Å². The molecule has 0 bridgehead atoms. The maximum absolute atomic E-state index is 15.0. The molecule has 0 N–H and O–H groups in total. The van der Waals surface area contributed by atoms with Crippen molar-refractivity contribution in [2.45, 2.75) is 59.2 Å². The van der Waals surface area contributed by atoms with Gasteiger partial charge in [-0.05, 0) is 76.4 Å². The van der Waals surface area contributed by atoms with E-state index >= 15 is 4.39 Å². The van der Waals surface area contributed by atoms with E-state index in [-0.39, 0.29) is 29.2 Å². The summed E-state index contributed by atoms with van der Waals surface area (Å²) in [6, 6.07) is 18.4. The number of hydrogen-bond donors (Lipinski definition) is 0. The predicted molar refractivity (Wildman–Crippen MR) is 148 cm³/mol. The van der Waals surface area contributed by atoms with Crippen LogP contribution < -0.4 is 9.47 Å². The van der Waals surface area contributed by atoms with Gasteiger partial charge in [-0.2, -0.15) is 0 Å². The molecule has 0 aliphatic rings. The number of carbonyl (C=O) groups is 1. The summed E-state index contributed by atoms with van der Waals surface area (Å²) in [4.78, 5) is 11.7.